The van der Waals surface area contributed by atoms with Gasteiger partial charge in [0.1, 0.15) is 11.6 Å². The van der Waals surface area contributed by atoms with Gasteiger partial charge in [0, 0.05) is 23.8 Å². The van der Waals surface area contributed by atoms with Crippen LogP contribution >= 0.6 is 0 Å². The first-order valence-corrected chi connectivity index (χ1v) is 10.4. The van der Waals surface area contributed by atoms with Crippen LogP contribution in [0.5, 0.6) is 5.75 Å². The van der Waals surface area contributed by atoms with Gasteiger partial charge in [-0.1, -0.05) is 19.3 Å². The van der Waals surface area contributed by atoms with E-state index in [1.165, 1.54) is 44.2 Å². The van der Waals surface area contributed by atoms with E-state index in [1.54, 1.807) is 13.2 Å². The fraction of sp³-hybridized carbons (Fsp3) is 0.522. The van der Waals surface area contributed by atoms with Crippen LogP contribution < -0.4 is 10.1 Å². The minimum absolute atomic E-state index is 0.0180. The van der Waals surface area contributed by atoms with Crippen molar-refractivity contribution in [2.75, 3.05) is 7.11 Å². The second-order valence-electron chi connectivity index (χ2n) is 8.24. The van der Waals surface area contributed by atoms with Gasteiger partial charge in [-0.2, -0.15) is 0 Å². The molecule has 1 heterocycles. The second kappa shape index (κ2) is 7.98. The monoisotopic (exact) mass is 384 g/mol. The first-order chi connectivity index (χ1) is 13.6. The van der Waals surface area contributed by atoms with Crippen LogP contribution in [0.15, 0.2) is 24.3 Å². The third kappa shape index (κ3) is 3.94. The first-order valence-electron chi connectivity index (χ1n) is 10.4. The van der Waals surface area contributed by atoms with Gasteiger partial charge in [-0.05, 0) is 62.8 Å². The van der Waals surface area contributed by atoms with Gasteiger partial charge in [0.2, 0.25) is 0 Å². The number of hydrogen-bond acceptors (Lipinski definition) is 2. The van der Waals surface area contributed by atoms with Crippen molar-refractivity contribution >= 4 is 5.91 Å². The van der Waals surface area contributed by atoms with Crippen LogP contribution in [0.4, 0.5) is 4.39 Å². The summed E-state index contributed by atoms with van der Waals surface area (Å²) in [5, 5.41) is 3.22. The summed E-state index contributed by atoms with van der Waals surface area (Å²) in [6, 6.07) is 6.73. The van der Waals surface area contributed by atoms with Gasteiger partial charge in [0.05, 0.1) is 18.4 Å². The minimum Gasteiger partial charge on any atom is -0.496 e. The molecule has 2 fully saturated rings. The molecule has 0 saturated heterocycles. The largest absolute Gasteiger partial charge is 0.496 e. The van der Waals surface area contributed by atoms with Gasteiger partial charge in [-0.15, -0.1) is 0 Å². The Labute approximate surface area is 166 Å². The number of ether oxygens (including phenoxy) is 1. The zero-order valence-electron chi connectivity index (χ0n) is 16.8. The van der Waals surface area contributed by atoms with Gasteiger partial charge in [0.15, 0.2) is 0 Å². The van der Waals surface area contributed by atoms with Crippen LogP contribution in [0.2, 0.25) is 0 Å². The van der Waals surface area contributed by atoms with Crippen LogP contribution in [-0.2, 0) is 6.54 Å². The summed E-state index contributed by atoms with van der Waals surface area (Å²) in [5.41, 5.74) is 3.19. The van der Waals surface area contributed by atoms with E-state index in [4.69, 9.17) is 4.74 Å². The van der Waals surface area contributed by atoms with Crippen molar-refractivity contribution in [2.45, 2.75) is 64.5 Å². The molecule has 4 nitrogen and oxygen atoms in total. The fourth-order valence-electron chi connectivity index (χ4n) is 4.28. The lowest BCUT2D eigenvalue weighted by molar-refractivity contribution is 0.0927. The summed E-state index contributed by atoms with van der Waals surface area (Å²) in [6.45, 7) is 2.85. The molecule has 4 rings (SSSR count). The third-order valence-corrected chi connectivity index (χ3v) is 6.13. The Balaban J connectivity index is 1.70. The number of benzene rings is 1. The highest BCUT2D eigenvalue weighted by Gasteiger charge is 2.28. The Kier molecular flexibility index (Phi) is 5.42. The number of amides is 1. The van der Waals surface area contributed by atoms with Crippen molar-refractivity contribution < 1.29 is 13.9 Å². The van der Waals surface area contributed by atoms with Gasteiger partial charge >= 0.3 is 0 Å². The molecule has 0 unspecified atom stereocenters. The van der Waals surface area contributed by atoms with E-state index in [1.807, 2.05) is 13.0 Å². The van der Waals surface area contributed by atoms with Gasteiger partial charge in [-0.25, -0.2) is 4.39 Å². The number of carbonyl (C=O) groups excluding carboxylic acids is 1. The number of aromatic nitrogens is 1. The van der Waals surface area contributed by atoms with E-state index in [0.29, 0.717) is 22.8 Å². The van der Waals surface area contributed by atoms with Crippen LogP contribution in [0.3, 0.4) is 0 Å². The molecule has 150 valence electrons. The number of hydrogen-bond donors (Lipinski definition) is 1. The number of nitrogens with one attached hydrogen (secondary N) is 1. The highest BCUT2D eigenvalue weighted by atomic mass is 19.1. The number of rotatable bonds is 6. The Morgan fingerprint density at radius 3 is 2.61 bits per heavy atom. The van der Waals surface area contributed by atoms with Crippen molar-refractivity contribution in [3.8, 4) is 17.0 Å². The van der Waals surface area contributed by atoms with Crippen molar-refractivity contribution in [1.82, 2.24) is 9.88 Å². The molecule has 2 aliphatic rings. The summed E-state index contributed by atoms with van der Waals surface area (Å²) in [6.07, 6.45) is 8.14. The predicted octanol–water partition coefficient (Wildman–Crippen LogP) is 5.08. The standard InChI is InChI=1S/C23H29FN2O2/c1-15-19(23(27)25-18-6-4-3-5-7-18)13-21(26(15)14-16-8-9-16)20-12-17(24)10-11-22(20)28-2/h10-13,16,18H,3-9,14H2,1-2H3,(H,25,27). The molecule has 2 aromatic rings. The molecular weight excluding hydrogens is 355 g/mol. The molecule has 2 saturated carbocycles. The van der Waals surface area contributed by atoms with Crippen molar-refractivity contribution in [2.24, 2.45) is 5.92 Å². The molecule has 1 aromatic heterocycles. The SMILES string of the molecule is COc1ccc(F)cc1-c1cc(C(=O)NC2CCCCC2)c(C)n1CC1CC1. The van der Waals surface area contributed by atoms with Crippen LogP contribution in [-0.4, -0.2) is 23.6 Å². The van der Waals surface area contributed by atoms with E-state index in [-0.39, 0.29) is 17.8 Å². The maximum absolute atomic E-state index is 14.0. The number of nitrogens with zero attached hydrogens (tertiary/aromatic N) is 1. The van der Waals surface area contributed by atoms with Crippen LogP contribution in [0, 0.1) is 18.7 Å². The summed E-state index contributed by atoms with van der Waals surface area (Å²) in [4.78, 5) is 13.0. The maximum atomic E-state index is 14.0. The number of halogens is 1. The minimum atomic E-state index is -0.305. The van der Waals surface area contributed by atoms with Crippen LogP contribution in [0.25, 0.3) is 11.3 Å². The molecule has 1 aromatic carbocycles. The molecule has 5 heteroatoms. The lowest BCUT2D eigenvalue weighted by Gasteiger charge is -2.22. The van der Waals surface area contributed by atoms with E-state index in [9.17, 15) is 9.18 Å². The zero-order chi connectivity index (χ0) is 19.7. The fourth-order valence-corrected chi connectivity index (χ4v) is 4.28. The predicted molar refractivity (Wildman–Crippen MR) is 108 cm³/mol. The third-order valence-electron chi connectivity index (χ3n) is 6.13. The highest BCUT2D eigenvalue weighted by Crippen LogP contribution is 2.38. The summed E-state index contributed by atoms with van der Waals surface area (Å²) >= 11 is 0. The molecule has 28 heavy (non-hydrogen) atoms. The Hall–Kier alpha value is -2.30. The Bertz CT molecular complexity index is 864. The lowest BCUT2D eigenvalue weighted by atomic mass is 9.95. The molecule has 0 aliphatic heterocycles. The molecule has 0 atom stereocenters. The average Bonchev–Trinajstić information content (AvgIpc) is 3.46. The van der Waals surface area contributed by atoms with Crippen LogP contribution in [0.1, 0.15) is 61.0 Å². The Morgan fingerprint density at radius 2 is 1.93 bits per heavy atom. The second-order valence-corrected chi connectivity index (χ2v) is 8.24. The molecule has 0 spiro atoms. The molecule has 2 aliphatic carbocycles. The van der Waals surface area contributed by atoms with E-state index < -0.39 is 0 Å². The van der Waals surface area contributed by atoms with Gasteiger partial charge in [0.25, 0.3) is 5.91 Å². The highest BCUT2D eigenvalue weighted by molar-refractivity contribution is 5.97. The van der Waals surface area contributed by atoms with E-state index in [2.05, 4.69) is 9.88 Å². The average molecular weight is 384 g/mol. The van der Waals surface area contributed by atoms with Crippen molar-refractivity contribution in [1.29, 1.82) is 0 Å². The molecule has 1 N–H and O–H groups in total. The smallest absolute Gasteiger partial charge is 0.253 e. The summed E-state index contributed by atoms with van der Waals surface area (Å²) in [7, 11) is 1.59. The quantitative estimate of drug-likeness (QED) is 0.754. The van der Waals surface area contributed by atoms with Crippen molar-refractivity contribution in [3.05, 3.63) is 41.3 Å². The maximum Gasteiger partial charge on any atom is 0.253 e. The van der Waals surface area contributed by atoms with E-state index >= 15 is 0 Å². The molecule has 1 amide bonds. The molecule has 0 radical (unpaired) electrons. The lowest BCUT2D eigenvalue weighted by Crippen LogP contribution is -2.36. The molecule has 0 bridgehead atoms. The van der Waals surface area contributed by atoms with E-state index in [0.717, 1.165) is 30.8 Å². The number of methoxy groups -OCH3 is 1. The van der Waals surface area contributed by atoms with Gasteiger partial charge in [-0.3, -0.25) is 4.79 Å². The summed E-state index contributed by atoms with van der Waals surface area (Å²) < 4.78 is 21.7. The normalized spacial score (nSPS) is 17.5. The zero-order valence-corrected chi connectivity index (χ0v) is 16.8. The van der Waals surface area contributed by atoms with Gasteiger partial charge < -0.3 is 14.6 Å². The topological polar surface area (TPSA) is 43.3 Å². The summed E-state index contributed by atoms with van der Waals surface area (Å²) in [5.74, 6) is 0.935. The number of carbonyl (C=O) groups is 1. The molecular formula is C23H29FN2O2. The Morgan fingerprint density at radius 1 is 1.18 bits per heavy atom. The first kappa shape index (κ1) is 19.0. The van der Waals surface area contributed by atoms with Crippen molar-refractivity contribution in [3.63, 3.8) is 0 Å².